The minimum Gasteiger partial charge on any atom is -0.468 e. The van der Waals surface area contributed by atoms with E-state index in [1.807, 2.05) is 0 Å². The molecule has 1 amide bonds. The highest BCUT2D eigenvalue weighted by molar-refractivity contribution is 6.23. The highest BCUT2D eigenvalue weighted by Gasteiger charge is 2.64. The van der Waals surface area contributed by atoms with Crippen LogP contribution in [-0.2, 0) is 43.5 Å². The van der Waals surface area contributed by atoms with Gasteiger partial charge in [-0.1, -0.05) is 18.2 Å². The maximum Gasteiger partial charge on any atom is 0.341 e. The van der Waals surface area contributed by atoms with Crippen molar-refractivity contribution in [2.45, 2.75) is 19.3 Å². The summed E-state index contributed by atoms with van der Waals surface area (Å²) in [4.78, 5) is 53.0. The van der Waals surface area contributed by atoms with Gasteiger partial charge in [-0.15, -0.1) is 0 Å². The van der Waals surface area contributed by atoms with Crippen LogP contribution >= 0.6 is 0 Å². The molecule has 0 saturated carbocycles. The molecule has 10 heteroatoms. The second-order valence-corrected chi connectivity index (χ2v) is 6.72. The van der Waals surface area contributed by atoms with E-state index in [0.29, 0.717) is 5.69 Å². The van der Waals surface area contributed by atoms with Gasteiger partial charge in [0.1, 0.15) is 28.9 Å². The number of nitrogens with two attached hydrogens (primary N) is 1. The van der Waals surface area contributed by atoms with Crippen molar-refractivity contribution in [1.29, 1.82) is 0 Å². The third-order valence-corrected chi connectivity index (χ3v) is 5.16. The van der Waals surface area contributed by atoms with Crippen molar-refractivity contribution in [2.24, 2.45) is 5.73 Å². The van der Waals surface area contributed by atoms with Crippen LogP contribution in [0.4, 0.5) is 5.69 Å². The number of esters is 3. The first kappa shape index (κ1) is 21.9. The SMILES string of the molecule is CCOC(=O)C1=C(N)OC(C)=C(C(=O)OC)C12C(=O)N(CC(=O)OC)c1ccccc12. The van der Waals surface area contributed by atoms with Gasteiger partial charge in [0, 0.05) is 11.3 Å². The molecule has 2 N–H and O–H groups in total. The van der Waals surface area contributed by atoms with E-state index in [2.05, 4.69) is 0 Å². The number of amides is 1. The van der Waals surface area contributed by atoms with Crippen molar-refractivity contribution in [3.8, 4) is 0 Å². The first-order chi connectivity index (χ1) is 14.7. The Hall–Kier alpha value is -3.82. The van der Waals surface area contributed by atoms with Gasteiger partial charge in [0.25, 0.3) is 0 Å². The van der Waals surface area contributed by atoms with E-state index in [1.54, 1.807) is 31.2 Å². The number of methoxy groups -OCH3 is 2. The number of anilines is 1. The average molecular weight is 430 g/mol. The first-order valence-electron chi connectivity index (χ1n) is 9.38. The van der Waals surface area contributed by atoms with Gasteiger partial charge in [0.05, 0.1) is 20.8 Å². The summed E-state index contributed by atoms with van der Waals surface area (Å²) in [5.41, 5.74) is 4.03. The zero-order chi connectivity index (χ0) is 22.9. The predicted octanol–water partition coefficient (Wildman–Crippen LogP) is 0.655. The van der Waals surface area contributed by atoms with Crippen LogP contribution in [0.5, 0.6) is 0 Å². The van der Waals surface area contributed by atoms with Crippen molar-refractivity contribution in [2.75, 3.05) is 32.3 Å². The summed E-state index contributed by atoms with van der Waals surface area (Å²) < 4.78 is 20.2. The number of nitrogens with zero attached hydrogens (tertiary/aromatic N) is 1. The molecule has 1 aromatic carbocycles. The molecule has 1 atom stereocenters. The molecule has 2 aliphatic rings. The van der Waals surface area contributed by atoms with E-state index in [0.717, 1.165) is 12.0 Å². The average Bonchev–Trinajstić information content (AvgIpc) is 2.97. The van der Waals surface area contributed by atoms with Crippen molar-refractivity contribution in [1.82, 2.24) is 0 Å². The molecule has 2 heterocycles. The lowest BCUT2D eigenvalue weighted by Gasteiger charge is -2.36. The Morgan fingerprint density at radius 1 is 1.10 bits per heavy atom. The monoisotopic (exact) mass is 430 g/mol. The Kier molecular flexibility index (Phi) is 5.74. The molecule has 1 spiro atoms. The molecule has 0 saturated heterocycles. The fourth-order valence-electron chi connectivity index (χ4n) is 3.98. The standard InChI is InChI=1S/C21H22N2O8/c1-5-30-19(26)16-17(22)31-11(2)15(18(25)29-4)21(16)12-8-6-7-9-13(12)23(20(21)27)10-14(24)28-3/h6-9H,5,10,22H2,1-4H3. The lowest BCUT2D eigenvalue weighted by atomic mass is 9.67. The van der Waals surface area contributed by atoms with Crippen molar-refractivity contribution in [3.63, 3.8) is 0 Å². The largest absolute Gasteiger partial charge is 0.468 e. The second kappa shape index (κ2) is 8.13. The van der Waals surface area contributed by atoms with Crippen LogP contribution in [0.15, 0.2) is 47.1 Å². The normalized spacial score (nSPS) is 19.9. The predicted molar refractivity (Wildman–Crippen MR) is 106 cm³/mol. The first-order valence-corrected chi connectivity index (χ1v) is 9.38. The number of benzene rings is 1. The molecule has 0 radical (unpaired) electrons. The van der Waals surface area contributed by atoms with Gasteiger partial charge < -0.3 is 24.7 Å². The fourth-order valence-corrected chi connectivity index (χ4v) is 3.98. The molecular formula is C21H22N2O8. The van der Waals surface area contributed by atoms with Crippen LogP contribution in [0.3, 0.4) is 0 Å². The van der Waals surface area contributed by atoms with E-state index < -0.39 is 35.8 Å². The van der Waals surface area contributed by atoms with Gasteiger partial charge >= 0.3 is 17.9 Å². The minimum atomic E-state index is -2.02. The Bertz CT molecular complexity index is 1040. The number of hydrogen-bond donors (Lipinski definition) is 1. The number of fused-ring (bicyclic) bond motifs is 2. The van der Waals surface area contributed by atoms with Crippen LogP contribution < -0.4 is 10.6 Å². The summed E-state index contributed by atoms with van der Waals surface area (Å²) in [5.74, 6) is -3.67. The molecule has 10 nitrogen and oxygen atoms in total. The molecule has 0 fully saturated rings. The topological polar surface area (TPSA) is 134 Å². The highest BCUT2D eigenvalue weighted by atomic mass is 16.5. The third kappa shape index (κ3) is 3.11. The van der Waals surface area contributed by atoms with E-state index in [4.69, 9.17) is 24.7 Å². The fraction of sp³-hybridized carbons (Fsp3) is 0.333. The van der Waals surface area contributed by atoms with Crippen molar-refractivity contribution < 1.29 is 38.1 Å². The molecule has 0 bridgehead atoms. The van der Waals surface area contributed by atoms with Crippen LogP contribution in [0.2, 0.25) is 0 Å². The van der Waals surface area contributed by atoms with Crippen LogP contribution in [-0.4, -0.2) is 51.2 Å². The van der Waals surface area contributed by atoms with Gasteiger partial charge in [0.15, 0.2) is 0 Å². The van der Waals surface area contributed by atoms with Crippen molar-refractivity contribution >= 4 is 29.5 Å². The molecule has 1 aromatic rings. The van der Waals surface area contributed by atoms with Crippen LogP contribution in [0, 0.1) is 0 Å². The number of carbonyl (C=O) groups is 4. The molecule has 3 rings (SSSR count). The van der Waals surface area contributed by atoms with Gasteiger partial charge in [-0.25, -0.2) is 9.59 Å². The summed E-state index contributed by atoms with van der Waals surface area (Å²) in [6, 6.07) is 6.44. The molecule has 2 aliphatic heterocycles. The van der Waals surface area contributed by atoms with Gasteiger partial charge in [-0.05, 0) is 19.9 Å². The smallest absolute Gasteiger partial charge is 0.341 e. The third-order valence-electron chi connectivity index (χ3n) is 5.16. The Morgan fingerprint density at radius 2 is 1.77 bits per heavy atom. The quantitative estimate of drug-likeness (QED) is 0.528. The molecule has 164 valence electrons. The lowest BCUT2D eigenvalue weighted by Crippen LogP contribution is -2.51. The zero-order valence-electron chi connectivity index (χ0n) is 17.5. The molecule has 31 heavy (non-hydrogen) atoms. The minimum absolute atomic E-state index is 0.0103. The highest BCUT2D eigenvalue weighted by Crippen LogP contribution is 2.54. The zero-order valence-corrected chi connectivity index (χ0v) is 17.5. The van der Waals surface area contributed by atoms with Gasteiger partial charge in [0.2, 0.25) is 11.8 Å². The Balaban J connectivity index is 2.41. The molecule has 0 aliphatic carbocycles. The van der Waals surface area contributed by atoms with E-state index in [-0.39, 0.29) is 35.0 Å². The lowest BCUT2D eigenvalue weighted by molar-refractivity contribution is -0.142. The summed E-state index contributed by atoms with van der Waals surface area (Å²) in [7, 11) is 2.32. The number of hydrogen-bond acceptors (Lipinski definition) is 9. The summed E-state index contributed by atoms with van der Waals surface area (Å²) in [6.45, 7) is 2.56. The van der Waals surface area contributed by atoms with Crippen LogP contribution in [0.25, 0.3) is 0 Å². The maximum absolute atomic E-state index is 14.0. The van der Waals surface area contributed by atoms with Gasteiger partial charge in [-0.2, -0.15) is 0 Å². The number of rotatable bonds is 5. The molecular weight excluding hydrogens is 408 g/mol. The van der Waals surface area contributed by atoms with E-state index in [1.165, 1.54) is 14.0 Å². The summed E-state index contributed by atoms with van der Waals surface area (Å²) >= 11 is 0. The van der Waals surface area contributed by atoms with E-state index >= 15 is 0 Å². The number of allylic oxidation sites excluding steroid dienone is 1. The Labute approximate surface area is 178 Å². The summed E-state index contributed by atoms with van der Waals surface area (Å²) in [5, 5.41) is 0. The number of carbonyl (C=O) groups excluding carboxylic acids is 4. The van der Waals surface area contributed by atoms with Crippen LogP contribution in [0.1, 0.15) is 19.4 Å². The maximum atomic E-state index is 14.0. The Morgan fingerprint density at radius 3 is 2.39 bits per heavy atom. The van der Waals surface area contributed by atoms with Crippen molar-refractivity contribution in [3.05, 3.63) is 52.6 Å². The molecule has 0 aromatic heterocycles. The van der Waals surface area contributed by atoms with Gasteiger partial charge in [-0.3, -0.25) is 14.5 Å². The van der Waals surface area contributed by atoms with E-state index in [9.17, 15) is 19.2 Å². The number of ether oxygens (including phenoxy) is 4. The summed E-state index contributed by atoms with van der Waals surface area (Å²) in [6.07, 6.45) is 0. The number of para-hydroxylation sites is 1. The second-order valence-electron chi connectivity index (χ2n) is 6.72. The molecule has 1 unspecified atom stereocenters.